The smallest absolute Gasteiger partial charge is 0.0970 e. The number of hydrogen-bond donors (Lipinski definition) is 0. The molecule has 12 aromatic rings. The molecule has 254 valence electrons. The van der Waals surface area contributed by atoms with Crippen LogP contribution in [0.5, 0.6) is 0 Å². The summed E-state index contributed by atoms with van der Waals surface area (Å²) >= 11 is 0. The summed E-state index contributed by atoms with van der Waals surface area (Å²) in [5.41, 5.74) is 13.1. The molecule has 0 fully saturated rings. The Labute approximate surface area is 315 Å². The van der Waals surface area contributed by atoms with Crippen molar-refractivity contribution in [1.82, 2.24) is 19.4 Å². The first-order valence-corrected chi connectivity index (χ1v) is 18.7. The molecule has 0 aliphatic rings. The molecular formula is C51H30N4. The van der Waals surface area contributed by atoms with Crippen LogP contribution in [0.3, 0.4) is 0 Å². The normalized spacial score (nSPS) is 12.0. The van der Waals surface area contributed by atoms with Crippen molar-refractivity contribution in [3.63, 3.8) is 0 Å². The molecule has 0 aliphatic heterocycles. The van der Waals surface area contributed by atoms with Crippen molar-refractivity contribution in [2.45, 2.75) is 0 Å². The van der Waals surface area contributed by atoms with Gasteiger partial charge in [-0.15, -0.1) is 0 Å². The van der Waals surface area contributed by atoms with Crippen molar-refractivity contribution in [2.75, 3.05) is 0 Å². The average molecular weight is 699 g/mol. The molecule has 0 radical (unpaired) electrons. The topological polar surface area (TPSA) is 43.1 Å². The zero-order valence-electron chi connectivity index (χ0n) is 29.6. The maximum Gasteiger partial charge on any atom is 0.0970 e. The monoisotopic (exact) mass is 698 g/mol. The van der Waals surface area contributed by atoms with Gasteiger partial charge in [-0.1, -0.05) is 115 Å². The Morgan fingerprint density at radius 3 is 1.75 bits per heavy atom. The first-order chi connectivity index (χ1) is 27.3. The lowest BCUT2D eigenvalue weighted by Crippen LogP contribution is -1.95. The number of pyridine rings is 2. The summed E-state index contributed by atoms with van der Waals surface area (Å²) in [5.74, 6) is 0. The zero-order chi connectivity index (χ0) is 36.0. The molecule has 0 unspecified atom stereocenters. The van der Waals surface area contributed by atoms with Crippen molar-refractivity contribution < 1.29 is 0 Å². The van der Waals surface area contributed by atoms with Gasteiger partial charge in [0.15, 0.2) is 0 Å². The zero-order valence-corrected chi connectivity index (χ0v) is 29.6. The van der Waals surface area contributed by atoms with Crippen molar-refractivity contribution >= 4 is 81.6 Å². The van der Waals surface area contributed by atoms with E-state index in [0.717, 1.165) is 49.6 Å². The number of benzene rings is 8. The number of rotatable bonds is 3. The molecule has 0 spiro atoms. The number of aromatic nitrogens is 4. The van der Waals surface area contributed by atoms with Gasteiger partial charge < -0.3 is 4.40 Å². The summed E-state index contributed by atoms with van der Waals surface area (Å²) in [7, 11) is 0. The van der Waals surface area contributed by atoms with Gasteiger partial charge >= 0.3 is 0 Å². The van der Waals surface area contributed by atoms with E-state index in [1.165, 1.54) is 65.5 Å². The highest BCUT2D eigenvalue weighted by molar-refractivity contribution is 6.26. The second kappa shape index (κ2) is 11.5. The van der Waals surface area contributed by atoms with E-state index < -0.39 is 0 Å². The van der Waals surface area contributed by atoms with Crippen LogP contribution in [0, 0.1) is 0 Å². The molecule has 55 heavy (non-hydrogen) atoms. The highest BCUT2D eigenvalue weighted by atomic mass is 14.9. The molecule has 0 bridgehead atoms. The van der Waals surface area contributed by atoms with E-state index in [0.29, 0.717) is 0 Å². The Morgan fingerprint density at radius 2 is 0.927 bits per heavy atom. The molecule has 0 saturated heterocycles. The maximum absolute atomic E-state index is 5.20. The highest BCUT2D eigenvalue weighted by Gasteiger charge is 2.16. The van der Waals surface area contributed by atoms with Crippen molar-refractivity contribution in [1.29, 1.82) is 0 Å². The number of nitrogens with zero attached hydrogens (tertiary/aromatic N) is 4. The fraction of sp³-hybridized carbons (Fsp3) is 0. The van der Waals surface area contributed by atoms with E-state index in [9.17, 15) is 0 Å². The van der Waals surface area contributed by atoms with Crippen molar-refractivity contribution in [3.8, 4) is 33.5 Å². The summed E-state index contributed by atoms with van der Waals surface area (Å²) in [6, 6.07) is 61.4. The highest BCUT2D eigenvalue weighted by Crippen LogP contribution is 2.41. The van der Waals surface area contributed by atoms with E-state index in [1.807, 2.05) is 24.5 Å². The molecule has 8 aromatic carbocycles. The fourth-order valence-corrected chi connectivity index (χ4v) is 8.87. The van der Waals surface area contributed by atoms with Gasteiger partial charge in [-0.25, -0.2) is 4.98 Å². The SMILES string of the molecule is c1cnc2c(c1)cc(-c1ccc3c4ccc(-c5ccc(-c6nc7ccccc7n7c6cc6ccccc67)cc5)cc4c4ccccc4c3c1)c1cccnc12. The Kier molecular flexibility index (Phi) is 6.31. The molecule has 4 heterocycles. The lowest BCUT2D eigenvalue weighted by atomic mass is 9.89. The standard InChI is InChI=1S/C51H30N4/c1-5-15-46-35(9-1)30-48-49(54-45-14-4-6-16-47(45)55(46)48)32-19-17-31(18-20-32)33-21-23-39-40-24-22-34(28-44(40)38-12-3-2-11-37(38)43(39)27-33)42-29-36-10-7-25-52-50(36)51-41(42)13-8-26-53-51/h1-30H. The molecule has 0 N–H and O–H groups in total. The molecule has 0 atom stereocenters. The molecule has 0 amide bonds. The lowest BCUT2D eigenvalue weighted by Gasteiger charge is -2.15. The van der Waals surface area contributed by atoms with E-state index in [1.54, 1.807) is 0 Å². The largest absolute Gasteiger partial charge is 0.306 e. The van der Waals surface area contributed by atoms with Gasteiger partial charge in [0.25, 0.3) is 0 Å². The number of fused-ring (bicyclic) bond motifs is 14. The van der Waals surface area contributed by atoms with Gasteiger partial charge in [0.2, 0.25) is 0 Å². The van der Waals surface area contributed by atoms with Gasteiger partial charge in [0.05, 0.1) is 38.8 Å². The summed E-state index contributed by atoms with van der Waals surface area (Å²) in [4.78, 5) is 14.6. The number of para-hydroxylation sites is 3. The summed E-state index contributed by atoms with van der Waals surface area (Å²) in [5, 5.41) is 10.9. The molecule has 12 rings (SSSR count). The predicted molar refractivity (Wildman–Crippen MR) is 230 cm³/mol. The molecule has 4 aromatic heterocycles. The fourth-order valence-electron chi connectivity index (χ4n) is 8.87. The number of hydrogen-bond acceptors (Lipinski definition) is 3. The van der Waals surface area contributed by atoms with E-state index in [-0.39, 0.29) is 0 Å². The second-order valence-electron chi connectivity index (χ2n) is 14.4. The van der Waals surface area contributed by atoms with Crippen molar-refractivity contribution in [3.05, 3.63) is 182 Å². The first-order valence-electron chi connectivity index (χ1n) is 18.7. The van der Waals surface area contributed by atoms with Gasteiger partial charge in [-0.2, -0.15) is 0 Å². The second-order valence-corrected chi connectivity index (χ2v) is 14.4. The van der Waals surface area contributed by atoms with Crippen LogP contribution in [-0.4, -0.2) is 19.4 Å². The summed E-state index contributed by atoms with van der Waals surface area (Å²) in [6.45, 7) is 0. The summed E-state index contributed by atoms with van der Waals surface area (Å²) < 4.78 is 2.35. The van der Waals surface area contributed by atoms with E-state index in [2.05, 4.69) is 167 Å². The molecular weight excluding hydrogens is 669 g/mol. The maximum atomic E-state index is 5.20. The van der Waals surface area contributed by atoms with Gasteiger partial charge in [-0.3, -0.25) is 9.97 Å². The summed E-state index contributed by atoms with van der Waals surface area (Å²) in [6.07, 6.45) is 3.70. The van der Waals surface area contributed by atoms with Crippen LogP contribution < -0.4 is 0 Å². The van der Waals surface area contributed by atoms with Gasteiger partial charge in [0, 0.05) is 34.1 Å². The molecule has 0 saturated carbocycles. The van der Waals surface area contributed by atoms with Crippen LogP contribution in [0.2, 0.25) is 0 Å². The molecule has 4 nitrogen and oxygen atoms in total. The van der Waals surface area contributed by atoms with Gasteiger partial charge in [0.1, 0.15) is 0 Å². The van der Waals surface area contributed by atoms with Gasteiger partial charge in [-0.05, 0) is 109 Å². The Balaban J connectivity index is 0.996. The Morgan fingerprint density at radius 1 is 0.345 bits per heavy atom. The molecule has 4 heteroatoms. The average Bonchev–Trinajstić information content (AvgIpc) is 3.66. The molecule has 0 aliphatic carbocycles. The van der Waals surface area contributed by atoms with Crippen LogP contribution in [-0.2, 0) is 0 Å². The third-order valence-electron chi connectivity index (χ3n) is 11.4. The van der Waals surface area contributed by atoms with Crippen LogP contribution in [0.25, 0.3) is 115 Å². The third-order valence-corrected chi connectivity index (χ3v) is 11.4. The minimum absolute atomic E-state index is 0.930. The third kappa shape index (κ3) is 4.49. The first kappa shape index (κ1) is 30.1. The van der Waals surface area contributed by atoms with Crippen LogP contribution in [0.15, 0.2) is 182 Å². The minimum Gasteiger partial charge on any atom is -0.306 e. The van der Waals surface area contributed by atoms with E-state index >= 15 is 0 Å². The van der Waals surface area contributed by atoms with Crippen LogP contribution in [0.1, 0.15) is 0 Å². The Bertz CT molecular complexity index is 3520. The van der Waals surface area contributed by atoms with Crippen molar-refractivity contribution in [2.24, 2.45) is 0 Å². The Hall–Kier alpha value is -7.43. The quantitative estimate of drug-likeness (QED) is 0.173. The lowest BCUT2D eigenvalue weighted by molar-refractivity contribution is 1.27. The van der Waals surface area contributed by atoms with E-state index in [4.69, 9.17) is 9.97 Å². The van der Waals surface area contributed by atoms with Crippen LogP contribution in [0.4, 0.5) is 0 Å². The predicted octanol–water partition coefficient (Wildman–Crippen LogP) is 13.2. The minimum atomic E-state index is 0.930. The van der Waals surface area contributed by atoms with Crippen LogP contribution >= 0.6 is 0 Å².